The third-order valence-corrected chi connectivity index (χ3v) is 2.89. The van der Waals surface area contributed by atoms with Gasteiger partial charge in [0.15, 0.2) is 0 Å². The molecule has 1 rings (SSSR count). The molecular weight excluding hydrogens is 222 g/mol. The molecule has 0 fully saturated rings. The molecule has 1 aromatic carbocycles. The minimum Gasteiger partial charge on any atom is -0.493 e. The van der Waals surface area contributed by atoms with E-state index in [0.717, 1.165) is 37.8 Å². The molecule has 0 radical (unpaired) electrons. The van der Waals surface area contributed by atoms with E-state index in [1.807, 2.05) is 0 Å². The Kier molecular flexibility index (Phi) is 6.81. The molecule has 0 aromatic heterocycles. The van der Waals surface area contributed by atoms with Gasteiger partial charge in [-0.2, -0.15) is 0 Å². The maximum Gasteiger partial charge on any atom is 0.122 e. The number of unbranched alkanes of at least 4 members (excludes halogenated alkanes) is 1. The van der Waals surface area contributed by atoms with Gasteiger partial charge in [0.2, 0.25) is 0 Å². The zero-order chi connectivity index (χ0) is 13.4. The zero-order valence-corrected chi connectivity index (χ0v) is 12.3. The first kappa shape index (κ1) is 15.0. The number of benzene rings is 1. The van der Waals surface area contributed by atoms with Gasteiger partial charge in [0.05, 0.1) is 6.61 Å². The number of aryl methyl sites for hydroxylation is 2. The van der Waals surface area contributed by atoms with E-state index in [1.54, 1.807) is 0 Å². The minimum atomic E-state index is 0.733. The lowest BCUT2D eigenvalue weighted by molar-refractivity contribution is 0.303. The first-order valence-electron chi connectivity index (χ1n) is 7.00. The maximum absolute atomic E-state index is 5.79. The summed E-state index contributed by atoms with van der Waals surface area (Å²) in [6.07, 6.45) is 2.29. The van der Waals surface area contributed by atoms with E-state index in [4.69, 9.17) is 4.74 Å². The summed E-state index contributed by atoms with van der Waals surface area (Å²) in [5, 5.41) is 3.45. The van der Waals surface area contributed by atoms with Crippen molar-refractivity contribution in [2.45, 2.75) is 40.5 Å². The van der Waals surface area contributed by atoms with Gasteiger partial charge in [-0.15, -0.1) is 0 Å². The second-order valence-electron chi connectivity index (χ2n) is 5.42. The van der Waals surface area contributed by atoms with Gasteiger partial charge in [0.1, 0.15) is 5.75 Å². The van der Waals surface area contributed by atoms with Crippen molar-refractivity contribution < 1.29 is 4.74 Å². The predicted octanol–water partition coefficient (Wildman–Crippen LogP) is 3.71. The Morgan fingerprint density at radius 2 is 1.94 bits per heavy atom. The van der Waals surface area contributed by atoms with Gasteiger partial charge < -0.3 is 10.1 Å². The normalized spacial score (nSPS) is 10.9. The van der Waals surface area contributed by atoms with Gasteiger partial charge in [-0.05, 0) is 57.3 Å². The summed E-state index contributed by atoms with van der Waals surface area (Å²) in [5.74, 6) is 1.76. The smallest absolute Gasteiger partial charge is 0.122 e. The number of ether oxygens (including phenoxy) is 1. The van der Waals surface area contributed by atoms with Gasteiger partial charge in [0, 0.05) is 0 Å². The zero-order valence-electron chi connectivity index (χ0n) is 12.3. The Morgan fingerprint density at radius 1 is 1.17 bits per heavy atom. The van der Waals surface area contributed by atoms with Crippen LogP contribution in [0.1, 0.15) is 37.8 Å². The van der Waals surface area contributed by atoms with Crippen molar-refractivity contribution in [3.05, 3.63) is 29.3 Å². The molecule has 18 heavy (non-hydrogen) atoms. The molecule has 1 aromatic rings. The second-order valence-corrected chi connectivity index (χ2v) is 5.42. The van der Waals surface area contributed by atoms with Gasteiger partial charge in [-0.25, -0.2) is 0 Å². The molecule has 0 unspecified atom stereocenters. The van der Waals surface area contributed by atoms with Crippen LogP contribution in [-0.2, 0) is 0 Å². The van der Waals surface area contributed by atoms with Gasteiger partial charge in [-0.3, -0.25) is 0 Å². The first-order valence-corrected chi connectivity index (χ1v) is 7.00. The highest BCUT2D eigenvalue weighted by Gasteiger charge is 1.99. The van der Waals surface area contributed by atoms with E-state index in [1.165, 1.54) is 17.5 Å². The lowest BCUT2D eigenvalue weighted by Crippen LogP contribution is -2.21. The maximum atomic E-state index is 5.79. The van der Waals surface area contributed by atoms with Crippen molar-refractivity contribution in [2.75, 3.05) is 19.7 Å². The molecule has 102 valence electrons. The van der Waals surface area contributed by atoms with Crippen molar-refractivity contribution in [3.63, 3.8) is 0 Å². The molecule has 0 aliphatic heterocycles. The summed E-state index contributed by atoms with van der Waals surface area (Å²) >= 11 is 0. The number of hydrogen-bond acceptors (Lipinski definition) is 2. The highest BCUT2D eigenvalue weighted by molar-refractivity contribution is 5.35. The fourth-order valence-corrected chi connectivity index (χ4v) is 1.89. The van der Waals surface area contributed by atoms with Crippen LogP contribution >= 0.6 is 0 Å². The van der Waals surface area contributed by atoms with Crippen molar-refractivity contribution in [2.24, 2.45) is 5.92 Å². The van der Waals surface area contributed by atoms with Gasteiger partial charge in [-0.1, -0.05) is 31.5 Å². The lowest BCUT2D eigenvalue weighted by Gasteiger charge is -2.10. The molecule has 0 saturated heterocycles. The second kappa shape index (κ2) is 8.15. The number of rotatable bonds is 8. The number of nitrogens with one attached hydrogen (secondary N) is 1. The summed E-state index contributed by atoms with van der Waals surface area (Å²) in [5.41, 5.74) is 2.52. The molecule has 0 atom stereocenters. The Balaban J connectivity index is 2.11. The topological polar surface area (TPSA) is 21.3 Å². The van der Waals surface area contributed by atoms with E-state index < -0.39 is 0 Å². The summed E-state index contributed by atoms with van der Waals surface area (Å²) in [7, 11) is 0. The Morgan fingerprint density at radius 3 is 2.61 bits per heavy atom. The Hall–Kier alpha value is -1.02. The van der Waals surface area contributed by atoms with Crippen LogP contribution in [0.15, 0.2) is 18.2 Å². The highest BCUT2D eigenvalue weighted by atomic mass is 16.5. The number of hydrogen-bond donors (Lipinski definition) is 1. The average Bonchev–Trinajstić information content (AvgIpc) is 2.30. The first-order chi connectivity index (χ1) is 8.59. The van der Waals surface area contributed by atoms with E-state index >= 15 is 0 Å². The van der Waals surface area contributed by atoms with Crippen LogP contribution in [0.3, 0.4) is 0 Å². The fraction of sp³-hybridized carbons (Fsp3) is 0.625. The molecule has 0 aliphatic rings. The summed E-state index contributed by atoms with van der Waals surface area (Å²) in [4.78, 5) is 0. The standard InChI is InChI=1S/C16H27NO/c1-13(2)12-17-9-5-6-10-18-16-8-7-14(3)11-15(16)4/h7-8,11,13,17H,5-6,9-10,12H2,1-4H3. The van der Waals surface area contributed by atoms with Crippen LogP contribution < -0.4 is 10.1 Å². The van der Waals surface area contributed by atoms with Crippen LogP contribution in [-0.4, -0.2) is 19.7 Å². The highest BCUT2D eigenvalue weighted by Crippen LogP contribution is 2.18. The van der Waals surface area contributed by atoms with Crippen LogP contribution in [0.25, 0.3) is 0 Å². The van der Waals surface area contributed by atoms with E-state index in [0.29, 0.717) is 0 Å². The molecule has 0 saturated carbocycles. The van der Waals surface area contributed by atoms with Crippen LogP contribution in [0.2, 0.25) is 0 Å². The van der Waals surface area contributed by atoms with E-state index in [9.17, 15) is 0 Å². The summed E-state index contributed by atoms with van der Waals surface area (Å²) in [6, 6.07) is 6.34. The van der Waals surface area contributed by atoms with Crippen molar-refractivity contribution in [1.82, 2.24) is 5.32 Å². The van der Waals surface area contributed by atoms with Crippen molar-refractivity contribution in [3.8, 4) is 5.75 Å². The molecule has 0 bridgehead atoms. The van der Waals surface area contributed by atoms with Gasteiger partial charge in [0.25, 0.3) is 0 Å². The SMILES string of the molecule is Cc1ccc(OCCCCNCC(C)C)c(C)c1. The van der Waals surface area contributed by atoms with E-state index in [-0.39, 0.29) is 0 Å². The Bertz CT molecular complexity index is 347. The monoisotopic (exact) mass is 249 g/mol. The molecule has 0 spiro atoms. The average molecular weight is 249 g/mol. The summed E-state index contributed by atoms with van der Waals surface area (Å²) < 4.78 is 5.79. The van der Waals surface area contributed by atoms with Crippen molar-refractivity contribution in [1.29, 1.82) is 0 Å². The molecule has 1 N–H and O–H groups in total. The molecule has 0 heterocycles. The van der Waals surface area contributed by atoms with Crippen LogP contribution in [0, 0.1) is 19.8 Å². The van der Waals surface area contributed by atoms with Crippen LogP contribution in [0.4, 0.5) is 0 Å². The molecular formula is C16H27NO. The van der Waals surface area contributed by atoms with Crippen LogP contribution in [0.5, 0.6) is 5.75 Å². The fourth-order valence-electron chi connectivity index (χ4n) is 1.89. The largest absolute Gasteiger partial charge is 0.493 e. The van der Waals surface area contributed by atoms with E-state index in [2.05, 4.69) is 51.2 Å². The molecule has 0 amide bonds. The molecule has 2 nitrogen and oxygen atoms in total. The molecule has 0 aliphatic carbocycles. The third-order valence-electron chi connectivity index (χ3n) is 2.89. The predicted molar refractivity (Wildman–Crippen MR) is 78.4 cm³/mol. The minimum absolute atomic E-state index is 0.733. The van der Waals surface area contributed by atoms with Gasteiger partial charge >= 0.3 is 0 Å². The molecule has 2 heteroatoms. The summed E-state index contributed by atoms with van der Waals surface area (Å²) in [6.45, 7) is 11.7. The lowest BCUT2D eigenvalue weighted by atomic mass is 10.1. The Labute approximate surface area is 112 Å². The third kappa shape index (κ3) is 6.06. The van der Waals surface area contributed by atoms with Crippen molar-refractivity contribution >= 4 is 0 Å². The quantitative estimate of drug-likeness (QED) is 0.709.